The Balaban J connectivity index is 1.95. The number of carbonyl (C=O) groups excluding carboxylic acids is 2. The third kappa shape index (κ3) is 2.93. The summed E-state index contributed by atoms with van der Waals surface area (Å²) in [6.07, 6.45) is 6.05. The Labute approximate surface area is 129 Å². The molecule has 0 saturated heterocycles. The maximum atomic E-state index is 12.5. The highest BCUT2D eigenvalue weighted by Crippen LogP contribution is 2.25. The van der Waals surface area contributed by atoms with Gasteiger partial charge in [-0.25, -0.2) is 0 Å². The molecular formula is C17H19N3O2. The molecule has 1 fully saturated rings. The van der Waals surface area contributed by atoms with Crippen LogP contribution < -0.4 is 10.6 Å². The highest BCUT2D eigenvalue weighted by molar-refractivity contribution is 6.10. The van der Waals surface area contributed by atoms with Gasteiger partial charge >= 0.3 is 0 Å². The van der Waals surface area contributed by atoms with Crippen LogP contribution in [0.3, 0.4) is 0 Å². The molecule has 1 aromatic carbocycles. The maximum absolute atomic E-state index is 12.5. The van der Waals surface area contributed by atoms with Crippen LogP contribution in [0.15, 0.2) is 30.5 Å². The Morgan fingerprint density at radius 1 is 1.18 bits per heavy atom. The Kier molecular flexibility index (Phi) is 4.04. The summed E-state index contributed by atoms with van der Waals surface area (Å²) < 4.78 is 0. The first-order chi connectivity index (χ1) is 10.6. The van der Waals surface area contributed by atoms with Crippen molar-refractivity contribution in [3.05, 3.63) is 36.0 Å². The lowest BCUT2D eigenvalue weighted by Gasteiger charge is -2.14. The van der Waals surface area contributed by atoms with Crippen LogP contribution in [0.4, 0.5) is 5.69 Å². The van der Waals surface area contributed by atoms with E-state index in [9.17, 15) is 9.59 Å². The maximum Gasteiger partial charge on any atom is 0.252 e. The van der Waals surface area contributed by atoms with Crippen LogP contribution in [0.1, 0.15) is 43.0 Å². The van der Waals surface area contributed by atoms with E-state index in [0.717, 1.165) is 18.2 Å². The highest BCUT2D eigenvalue weighted by atomic mass is 16.2. The van der Waals surface area contributed by atoms with Gasteiger partial charge in [0.1, 0.15) is 0 Å². The molecule has 114 valence electrons. The molecule has 2 N–H and O–H groups in total. The van der Waals surface area contributed by atoms with E-state index in [-0.39, 0.29) is 17.9 Å². The van der Waals surface area contributed by atoms with Crippen LogP contribution in [0.5, 0.6) is 0 Å². The van der Waals surface area contributed by atoms with Crippen LogP contribution >= 0.6 is 0 Å². The van der Waals surface area contributed by atoms with Crippen LogP contribution in [0.2, 0.25) is 0 Å². The number of amides is 2. The Morgan fingerprint density at radius 3 is 2.68 bits per heavy atom. The number of hydrogen-bond donors (Lipinski definition) is 2. The van der Waals surface area contributed by atoms with Crippen molar-refractivity contribution in [2.24, 2.45) is 0 Å². The molecule has 22 heavy (non-hydrogen) atoms. The first-order valence-electron chi connectivity index (χ1n) is 7.61. The topological polar surface area (TPSA) is 71.1 Å². The summed E-state index contributed by atoms with van der Waals surface area (Å²) in [6.45, 7) is 1.45. The molecule has 1 aliphatic carbocycles. The lowest BCUT2D eigenvalue weighted by atomic mass is 10.1. The van der Waals surface area contributed by atoms with Gasteiger partial charge < -0.3 is 10.6 Å². The number of hydrogen-bond acceptors (Lipinski definition) is 3. The lowest BCUT2D eigenvalue weighted by molar-refractivity contribution is -0.114. The number of nitrogens with one attached hydrogen (secondary N) is 2. The summed E-state index contributed by atoms with van der Waals surface area (Å²) in [5, 5.41) is 6.60. The van der Waals surface area contributed by atoms with Crippen molar-refractivity contribution in [3.63, 3.8) is 0 Å². The predicted octanol–water partition coefficient (Wildman–Crippen LogP) is 2.87. The van der Waals surface area contributed by atoms with Gasteiger partial charge in [-0.2, -0.15) is 0 Å². The third-order valence-corrected chi connectivity index (χ3v) is 4.02. The number of aromatic nitrogens is 1. The molecule has 5 heteroatoms. The molecule has 1 aliphatic rings. The van der Waals surface area contributed by atoms with Crippen molar-refractivity contribution in [2.45, 2.75) is 38.6 Å². The fraction of sp³-hybridized carbons (Fsp3) is 0.353. The van der Waals surface area contributed by atoms with E-state index in [1.54, 1.807) is 18.3 Å². The summed E-state index contributed by atoms with van der Waals surface area (Å²) in [6, 6.07) is 7.47. The fourth-order valence-corrected chi connectivity index (χ4v) is 3.00. The van der Waals surface area contributed by atoms with Crippen molar-refractivity contribution in [2.75, 3.05) is 5.32 Å². The van der Waals surface area contributed by atoms with Crippen LogP contribution in [0.25, 0.3) is 10.9 Å². The van der Waals surface area contributed by atoms with E-state index in [2.05, 4.69) is 15.6 Å². The predicted molar refractivity (Wildman–Crippen MR) is 85.8 cm³/mol. The zero-order chi connectivity index (χ0) is 15.5. The molecule has 5 nitrogen and oxygen atoms in total. The van der Waals surface area contributed by atoms with Gasteiger partial charge in [0.15, 0.2) is 0 Å². The lowest BCUT2D eigenvalue weighted by Crippen LogP contribution is -2.32. The van der Waals surface area contributed by atoms with Crippen molar-refractivity contribution in [1.29, 1.82) is 0 Å². The number of pyridine rings is 1. The summed E-state index contributed by atoms with van der Waals surface area (Å²) in [7, 11) is 0. The smallest absolute Gasteiger partial charge is 0.252 e. The zero-order valence-electron chi connectivity index (χ0n) is 12.6. The molecule has 1 saturated carbocycles. The first-order valence-corrected chi connectivity index (χ1v) is 7.61. The van der Waals surface area contributed by atoms with Gasteiger partial charge in [0, 0.05) is 24.5 Å². The molecular weight excluding hydrogens is 278 g/mol. The number of fused-ring (bicyclic) bond motifs is 1. The summed E-state index contributed by atoms with van der Waals surface area (Å²) >= 11 is 0. The quantitative estimate of drug-likeness (QED) is 0.915. The molecule has 1 heterocycles. The number of nitrogens with zero attached hydrogens (tertiary/aromatic N) is 1. The number of para-hydroxylation sites is 1. The summed E-state index contributed by atoms with van der Waals surface area (Å²) in [5.41, 5.74) is 1.86. The first kappa shape index (κ1) is 14.5. The van der Waals surface area contributed by atoms with Crippen LogP contribution in [-0.2, 0) is 4.79 Å². The highest BCUT2D eigenvalue weighted by Gasteiger charge is 2.19. The molecule has 1 aromatic heterocycles. The number of benzene rings is 1. The minimum atomic E-state index is -0.157. The molecule has 2 aromatic rings. The summed E-state index contributed by atoms with van der Waals surface area (Å²) in [4.78, 5) is 28.1. The van der Waals surface area contributed by atoms with Gasteiger partial charge in [-0.1, -0.05) is 25.0 Å². The molecule has 0 aliphatic heterocycles. The van der Waals surface area contributed by atoms with E-state index < -0.39 is 0 Å². The number of rotatable bonds is 3. The Morgan fingerprint density at radius 2 is 1.95 bits per heavy atom. The van der Waals surface area contributed by atoms with E-state index in [4.69, 9.17) is 0 Å². The van der Waals surface area contributed by atoms with Crippen molar-refractivity contribution >= 4 is 28.4 Å². The fourth-order valence-electron chi connectivity index (χ4n) is 3.00. The SMILES string of the molecule is CC(=O)Nc1cccc2c(C(=O)NC3CCCC3)ccnc12. The molecule has 0 atom stereocenters. The molecule has 0 unspecified atom stereocenters. The second kappa shape index (κ2) is 6.13. The van der Waals surface area contributed by atoms with E-state index in [1.165, 1.54) is 19.8 Å². The van der Waals surface area contributed by atoms with Gasteiger partial charge in [0.2, 0.25) is 5.91 Å². The van der Waals surface area contributed by atoms with Gasteiger partial charge in [-0.15, -0.1) is 0 Å². The molecule has 0 spiro atoms. The second-order valence-corrected chi connectivity index (χ2v) is 5.70. The molecule has 0 bridgehead atoms. The van der Waals surface area contributed by atoms with Crippen molar-refractivity contribution < 1.29 is 9.59 Å². The minimum absolute atomic E-state index is 0.0701. The Hall–Kier alpha value is -2.43. The summed E-state index contributed by atoms with van der Waals surface area (Å²) in [5.74, 6) is -0.227. The third-order valence-electron chi connectivity index (χ3n) is 4.02. The average Bonchev–Trinajstić information content (AvgIpc) is 2.99. The van der Waals surface area contributed by atoms with Gasteiger partial charge in [-0.3, -0.25) is 14.6 Å². The van der Waals surface area contributed by atoms with Crippen molar-refractivity contribution in [3.8, 4) is 0 Å². The molecule has 0 radical (unpaired) electrons. The van der Waals surface area contributed by atoms with E-state index in [0.29, 0.717) is 16.8 Å². The van der Waals surface area contributed by atoms with Gasteiger partial charge in [0.25, 0.3) is 5.91 Å². The van der Waals surface area contributed by atoms with E-state index >= 15 is 0 Å². The van der Waals surface area contributed by atoms with E-state index in [1.807, 2.05) is 12.1 Å². The normalized spacial score (nSPS) is 15.0. The standard InChI is InChI=1S/C17H19N3O2/c1-11(21)19-15-8-4-7-13-14(9-10-18-16(13)15)17(22)20-12-5-2-3-6-12/h4,7-10,12H,2-3,5-6H2,1H3,(H,19,21)(H,20,22). The van der Waals surface area contributed by atoms with Crippen LogP contribution in [0, 0.1) is 0 Å². The minimum Gasteiger partial charge on any atom is -0.349 e. The molecule has 2 amide bonds. The largest absolute Gasteiger partial charge is 0.349 e. The number of anilines is 1. The zero-order valence-corrected chi connectivity index (χ0v) is 12.6. The second-order valence-electron chi connectivity index (χ2n) is 5.70. The monoisotopic (exact) mass is 297 g/mol. The molecule has 3 rings (SSSR count). The van der Waals surface area contributed by atoms with Gasteiger partial charge in [-0.05, 0) is 25.0 Å². The Bertz CT molecular complexity index is 721. The number of carbonyl (C=O) groups is 2. The van der Waals surface area contributed by atoms with Crippen molar-refractivity contribution in [1.82, 2.24) is 10.3 Å². The van der Waals surface area contributed by atoms with Gasteiger partial charge in [0.05, 0.1) is 16.8 Å². The average molecular weight is 297 g/mol. The van der Waals surface area contributed by atoms with Crippen LogP contribution in [-0.4, -0.2) is 22.8 Å².